The van der Waals surface area contributed by atoms with Crippen LogP contribution in [0, 0.1) is 6.92 Å². The zero-order chi connectivity index (χ0) is 14.5. The van der Waals surface area contributed by atoms with Gasteiger partial charge in [0, 0.05) is 6.04 Å². The summed E-state index contributed by atoms with van der Waals surface area (Å²) < 4.78 is 11.1. The molecule has 0 aliphatic carbocycles. The Morgan fingerprint density at radius 3 is 2.45 bits per heavy atom. The standard InChI is InChI=1S/C16H22N2O2/c1-11(2)19-15-7-5-14(6-8-15)13(4)17-10-16-18-9-12(3)20-16/h5-9,11,13,17H,10H2,1-4H3. The number of aryl methyl sites for hydroxylation is 1. The molecule has 1 N–H and O–H groups in total. The summed E-state index contributed by atoms with van der Waals surface area (Å²) in [6, 6.07) is 8.40. The van der Waals surface area contributed by atoms with Crippen molar-refractivity contribution in [3.8, 4) is 5.75 Å². The van der Waals surface area contributed by atoms with Gasteiger partial charge in [0.25, 0.3) is 0 Å². The molecule has 0 amide bonds. The molecule has 0 bridgehead atoms. The van der Waals surface area contributed by atoms with Gasteiger partial charge in [-0.15, -0.1) is 0 Å². The fraction of sp³-hybridized carbons (Fsp3) is 0.438. The normalized spacial score (nSPS) is 12.7. The highest BCUT2D eigenvalue weighted by atomic mass is 16.5. The van der Waals surface area contributed by atoms with E-state index in [1.165, 1.54) is 5.56 Å². The fourth-order valence-corrected chi connectivity index (χ4v) is 1.95. The molecule has 0 aliphatic rings. The van der Waals surface area contributed by atoms with Crippen molar-refractivity contribution in [2.45, 2.75) is 46.4 Å². The second-order valence-corrected chi connectivity index (χ2v) is 5.20. The van der Waals surface area contributed by atoms with Gasteiger partial charge in [-0.25, -0.2) is 4.98 Å². The van der Waals surface area contributed by atoms with Crippen LogP contribution in [0.2, 0.25) is 0 Å². The highest BCUT2D eigenvalue weighted by Crippen LogP contribution is 2.19. The first-order valence-corrected chi connectivity index (χ1v) is 6.96. The molecule has 108 valence electrons. The maximum Gasteiger partial charge on any atom is 0.208 e. The van der Waals surface area contributed by atoms with Crippen molar-refractivity contribution in [1.82, 2.24) is 10.3 Å². The maximum atomic E-state index is 5.64. The molecule has 4 heteroatoms. The molecular weight excluding hydrogens is 252 g/mol. The highest BCUT2D eigenvalue weighted by molar-refractivity contribution is 5.29. The monoisotopic (exact) mass is 274 g/mol. The van der Waals surface area contributed by atoms with Gasteiger partial charge in [-0.05, 0) is 45.4 Å². The van der Waals surface area contributed by atoms with Gasteiger partial charge in [-0.1, -0.05) is 12.1 Å². The minimum absolute atomic E-state index is 0.199. The summed E-state index contributed by atoms with van der Waals surface area (Å²) in [5, 5.41) is 3.39. The van der Waals surface area contributed by atoms with Gasteiger partial charge >= 0.3 is 0 Å². The number of oxazole rings is 1. The minimum Gasteiger partial charge on any atom is -0.491 e. The summed E-state index contributed by atoms with van der Waals surface area (Å²) >= 11 is 0. The van der Waals surface area contributed by atoms with Gasteiger partial charge in [-0.2, -0.15) is 0 Å². The van der Waals surface area contributed by atoms with Crippen LogP contribution in [0.3, 0.4) is 0 Å². The largest absolute Gasteiger partial charge is 0.491 e. The number of ether oxygens (including phenoxy) is 1. The van der Waals surface area contributed by atoms with E-state index in [0.717, 1.165) is 11.5 Å². The third-order valence-corrected chi connectivity index (χ3v) is 2.98. The first-order valence-electron chi connectivity index (χ1n) is 6.96. The molecule has 0 spiro atoms. The quantitative estimate of drug-likeness (QED) is 0.874. The van der Waals surface area contributed by atoms with Gasteiger partial charge in [-0.3, -0.25) is 0 Å². The first kappa shape index (κ1) is 14.6. The van der Waals surface area contributed by atoms with Crippen LogP contribution < -0.4 is 10.1 Å². The Morgan fingerprint density at radius 2 is 1.90 bits per heavy atom. The topological polar surface area (TPSA) is 47.3 Å². The van der Waals surface area contributed by atoms with E-state index >= 15 is 0 Å². The number of benzene rings is 1. The van der Waals surface area contributed by atoms with Crippen LogP contribution in [-0.4, -0.2) is 11.1 Å². The number of hydrogen-bond acceptors (Lipinski definition) is 4. The number of aromatic nitrogens is 1. The lowest BCUT2D eigenvalue weighted by Gasteiger charge is -2.14. The molecule has 0 saturated carbocycles. The fourth-order valence-electron chi connectivity index (χ4n) is 1.95. The van der Waals surface area contributed by atoms with Gasteiger partial charge < -0.3 is 14.5 Å². The molecule has 1 heterocycles. The maximum absolute atomic E-state index is 5.64. The molecule has 0 aliphatic heterocycles. The first-order chi connectivity index (χ1) is 9.54. The predicted molar refractivity (Wildman–Crippen MR) is 78.7 cm³/mol. The molecule has 20 heavy (non-hydrogen) atoms. The number of nitrogens with one attached hydrogen (secondary N) is 1. The summed E-state index contributed by atoms with van der Waals surface area (Å²) in [5.41, 5.74) is 1.21. The van der Waals surface area contributed by atoms with Crippen molar-refractivity contribution in [3.05, 3.63) is 47.7 Å². The highest BCUT2D eigenvalue weighted by Gasteiger charge is 2.07. The summed E-state index contributed by atoms with van der Waals surface area (Å²) in [6.45, 7) is 8.69. The van der Waals surface area contributed by atoms with Crippen molar-refractivity contribution in [2.24, 2.45) is 0 Å². The second-order valence-electron chi connectivity index (χ2n) is 5.20. The summed E-state index contributed by atoms with van der Waals surface area (Å²) in [5.74, 6) is 2.46. The third-order valence-electron chi connectivity index (χ3n) is 2.98. The van der Waals surface area contributed by atoms with Gasteiger partial charge in [0.15, 0.2) is 0 Å². The van der Waals surface area contributed by atoms with E-state index in [1.54, 1.807) is 6.20 Å². The summed E-state index contributed by atoms with van der Waals surface area (Å²) in [6.07, 6.45) is 1.93. The average molecular weight is 274 g/mol. The van der Waals surface area contributed by atoms with E-state index < -0.39 is 0 Å². The minimum atomic E-state index is 0.199. The molecule has 1 aromatic heterocycles. The Balaban J connectivity index is 1.90. The van der Waals surface area contributed by atoms with E-state index in [2.05, 4.69) is 29.4 Å². The molecule has 2 aromatic rings. The molecule has 2 rings (SSSR count). The van der Waals surface area contributed by atoms with Crippen molar-refractivity contribution < 1.29 is 9.15 Å². The molecule has 0 fully saturated rings. The lowest BCUT2D eigenvalue weighted by Crippen LogP contribution is -2.18. The zero-order valence-electron chi connectivity index (χ0n) is 12.5. The van der Waals surface area contributed by atoms with E-state index in [9.17, 15) is 0 Å². The molecule has 1 atom stereocenters. The smallest absolute Gasteiger partial charge is 0.208 e. The molecule has 0 radical (unpaired) electrons. The van der Waals surface area contributed by atoms with Crippen molar-refractivity contribution in [3.63, 3.8) is 0 Å². The summed E-state index contributed by atoms with van der Waals surface area (Å²) in [7, 11) is 0. The van der Waals surface area contributed by atoms with Crippen molar-refractivity contribution in [2.75, 3.05) is 0 Å². The van der Waals surface area contributed by atoms with Crippen LogP contribution in [0.1, 0.15) is 44.0 Å². The van der Waals surface area contributed by atoms with Crippen LogP contribution in [0.25, 0.3) is 0 Å². The van der Waals surface area contributed by atoms with E-state index in [1.807, 2.05) is 32.9 Å². The Bertz CT molecular complexity index is 532. The molecule has 0 saturated heterocycles. The lowest BCUT2D eigenvalue weighted by molar-refractivity contribution is 0.242. The third kappa shape index (κ3) is 4.10. The Hall–Kier alpha value is -1.81. The Kier molecular flexibility index (Phi) is 4.79. The molecule has 1 aromatic carbocycles. The summed E-state index contributed by atoms with van der Waals surface area (Å²) in [4.78, 5) is 4.18. The van der Waals surface area contributed by atoms with Crippen molar-refractivity contribution in [1.29, 1.82) is 0 Å². The average Bonchev–Trinajstić information content (AvgIpc) is 2.82. The number of hydrogen-bond donors (Lipinski definition) is 1. The van der Waals surface area contributed by atoms with E-state index in [0.29, 0.717) is 12.4 Å². The Labute approximate surface area is 120 Å². The second kappa shape index (κ2) is 6.57. The number of nitrogens with zero attached hydrogens (tertiary/aromatic N) is 1. The van der Waals surface area contributed by atoms with Crippen LogP contribution in [-0.2, 0) is 6.54 Å². The van der Waals surface area contributed by atoms with E-state index in [4.69, 9.17) is 9.15 Å². The number of rotatable bonds is 6. The van der Waals surface area contributed by atoms with Crippen LogP contribution in [0.5, 0.6) is 5.75 Å². The Morgan fingerprint density at radius 1 is 1.20 bits per heavy atom. The zero-order valence-corrected chi connectivity index (χ0v) is 12.5. The van der Waals surface area contributed by atoms with Gasteiger partial charge in [0.1, 0.15) is 11.5 Å². The predicted octanol–water partition coefficient (Wildman–Crippen LogP) is 3.62. The lowest BCUT2D eigenvalue weighted by atomic mass is 10.1. The van der Waals surface area contributed by atoms with Gasteiger partial charge in [0.2, 0.25) is 5.89 Å². The SMILES string of the molecule is Cc1cnc(CNC(C)c2ccc(OC(C)C)cc2)o1. The molecule has 1 unspecified atom stereocenters. The van der Waals surface area contributed by atoms with Crippen LogP contribution >= 0.6 is 0 Å². The molecule has 4 nitrogen and oxygen atoms in total. The van der Waals surface area contributed by atoms with Gasteiger partial charge in [0.05, 0.1) is 18.8 Å². The van der Waals surface area contributed by atoms with Crippen LogP contribution in [0.15, 0.2) is 34.9 Å². The van der Waals surface area contributed by atoms with E-state index in [-0.39, 0.29) is 12.1 Å². The van der Waals surface area contributed by atoms with Crippen LogP contribution in [0.4, 0.5) is 0 Å². The molecular formula is C16H22N2O2. The van der Waals surface area contributed by atoms with Crippen molar-refractivity contribution >= 4 is 0 Å².